The number of carbonyl (C=O) groups excluding carboxylic acids is 1. The summed E-state index contributed by atoms with van der Waals surface area (Å²) in [6.45, 7) is 15.3. The number of aromatic nitrogens is 4. The second-order valence-corrected chi connectivity index (χ2v) is 14.1. The highest BCUT2D eigenvalue weighted by Crippen LogP contribution is 2.36. The summed E-state index contributed by atoms with van der Waals surface area (Å²) >= 11 is 0. The number of rotatable bonds is 5. The SMILES string of the molecule is CC(C)(C)OC(=O)N1CCN(CC2CCN(c3cnc(N4CCN5c6cc(-c7ccccc7O)nnc6NC[C@H]5C4)nc3)CC2)CC1. The lowest BCUT2D eigenvalue weighted by atomic mass is 9.95. The van der Waals surface area contributed by atoms with Gasteiger partial charge in [-0.05, 0) is 57.7 Å². The maximum Gasteiger partial charge on any atom is 0.410 e. The van der Waals surface area contributed by atoms with Crippen LogP contribution in [0.15, 0.2) is 42.7 Å². The number of hydrogen-bond donors (Lipinski definition) is 2. The third-order valence-electron chi connectivity index (χ3n) is 9.68. The van der Waals surface area contributed by atoms with Gasteiger partial charge in [-0.25, -0.2) is 14.8 Å². The van der Waals surface area contributed by atoms with Gasteiger partial charge in [-0.3, -0.25) is 4.90 Å². The van der Waals surface area contributed by atoms with E-state index in [1.54, 1.807) is 12.1 Å². The third kappa shape index (κ3) is 6.99. The number of amides is 1. The number of para-hydroxylation sites is 1. The minimum atomic E-state index is -0.457. The van der Waals surface area contributed by atoms with Crippen LogP contribution in [0.5, 0.6) is 5.75 Å². The summed E-state index contributed by atoms with van der Waals surface area (Å²) in [5.41, 5.74) is 2.97. The fraction of sp³-hybridized carbons (Fsp3) is 0.559. The maximum atomic E-state index is 12.4. The molecular weight excluding hydrogens is 596 g/mol. The van der Waals surface area contributed by atoms with Gasteiger partial charge >= 0.3 is 6.09 Å². The van der Waals surface area contributed by atoms with Crippen molar-refractivity contribution in [3.05, 3.63) is 42.7 Å². The van der Waals surface area contributed by atoms with E-state index in [1.807, 2.05) is 56.3 Å². The number of phenols is 1. The third-order valence-corrected chi connectivity index (χ3v) is 9.68. The number of carbonyl (C=O) groups is 1. The zero-order chi connectivity index (χ0) is 32.5. The quantitative estimate of drug-likeness (QED) is 0.423. The molecule has 3 aromatic rings. The molecule has 4 aliphatic heterocycles. The Bertz CT molecular complexity index is 1550. The van der Waals surface area contributed by atoms with Crippen LogP contribution in [0.4, 0.5) is 27.9 Å². The zero-order valence-electron chi connectivity index (χ0n) is 27.7. The van der Waals surface area contributed by atoms with E-state index in [9.17, 15) is 9.90 Å². The Morgan fingerprint density at radius 3 is 2.43 bits per heavy atom. The zero-order valence-corrected chi connectivity index (χ0v) is 27.7. The Kier molecular flexibility index (Phi) is 8.65. The number of anilines is 4. The summed E-state index contributed by atoms with van der Waals surface area (Å²) in [7, 11) is 0. The molecule has 0 aliphatic carbocycles. The van der Waals surface area contributed by atoms with E-state index >= 15 is 0 Å². The minimum Gasteiger partial charge on any atom is -0.507 e. The van der Waals surface area contributed by atoms with Crippen molar-refractivity contribution in [3.8, 4) is 17.0 Å². The van der Waals surface area contributed by atoms with E-state index in [0.717, 1.165) is 108 Å². The van der Waals surface area contributed by atoms with Crippen LogP contribution in [0.1, 0.15) is 33.6 Å². The first-order chi connectivity index (χ1) is 22.7. The minimum absolute atomic E-state index is 0.198. The fourth-order valence-electron chi connectivity index (χ4n) is 7.11. The van der Waals surface area contributed by atoms with Gasteiger partial charge in [0, 0.05) is 77.6 Å². The monoisotopic (exact) mass is 642 g/mol. The molecule has 3 saturated heterocycles. The average Bonchev–Trinajstić information content (AvgIpc) is 3.08. The van der Waals surface area contributed by atoms with Crippen molar-refractivity contribution in [3.63, 3.8) is 0 Å². The van der Waals surface area contributed by atoms with Crippen LogP contribution >= 0.6 is 0 Å². The van der Waals surface area contributed by atoms with E-state index in [-0.39, 0.29) is 17.9 Å². The van der Waals surface area contributed by atoms with Gasteiger partial charge in [0.05, 0.1) is 35.5 Å². The molecule has 3 fully saturated rings. The van der Waals surface area contributed by atoms with Crippen molar-refractivity contribution in [2.45, 2.75) is 45.3 Å². The molecule has 13 nitrogen and oxygen atoms in total. The van der Waals surface area contributed by atoms with Crippen LogP contribution in [-0.2, 0) is 4.74 Å². The van der Waals surface area contributed by atoms with Gasteiger partial charge in [-0.2, -0.15) is 0 Å². The van der Waals surface area contributed by atoms with E-state index in [0.29, 0.717) is 17.2 Å². The van der Waals surface area contributed by atoms with Crippen molar-refractivity contribution in [2.75, 3.05) is 92.0 Å². The number of piperazine rings is 2. The van der Waals surface area contributed by atoms with Crippen molar-refractivity contribution >= 4 is 29.2 Å². The number of fused-ring (bicyclic) bond motifs is 3. The molecule has 0 saturated carbocycles. The molecule has 6 heterocycles. The topological polar surface area (TPSA) is 126 Å². The molecule has 0 bridgehead atoms. The van der Waals surface area contributed by atoms with Crippen LogP contribution in [0.3, 0.4) is 0 Å². The summed E-state index contributed by atoms with van der Waals surface area (Å²) in [5.74, 6) is 2.40. The molecule has 0 unspecified atom stereocenters. The summed E-state index contributed by atoms with van der Waals surface area (Å²) in [5, 5.41) is 22.6. The lowest BCUT2D eigenvalue weighted by Gasteiger charge is -2.45. The van der Waals surface area contributed by atoms with Crippen molar-refractivity contribution in [2.24, 2.45) is 5.92 Å². The number of hydrogen-bond acceptors (Lipinski definition) is 12. The molecule has 1 atom stereocenters. The van der Waals surface area contributed by atoms with Crippen molar-refractivity contribution in [1.82, 2.24) is 30.0 Å². The molecule has 13 heteroatoms. The first-order valence-electron chi connectivity index (χ1n) is 16.9. The molecular formula is C34H46N10O3. The molecule has 4 aliphatic rings. The number of benzene rings is 1. The number of ether oxygens (including phenoxy) is 1. The standard InChI is InChI=1S/C34H46N10O3/c1-34(2,3)47-33(46)42-14-12-40(13-15-42)22-24-8-10-41(11-9-24)25-19-36-32(37-20-25)43-16-17-44-26(23-43)21-35-31-29(44)18-28(38-39-31)27-6-4-5-7-30(27)45/h4-7,18-20,24,26,45H,8-17,21-23H2,1-3H3,(H,35,39)/t26-/m0/s1. The van der Waals surface area contributed by atoms with Gasteiger partial charge < -0.3 is 34.8 Å². The lowest BCUT2D eigenvalue weighted by Crippen LogP contribution is -2.58. The largest absolute Gasteiger partial charge is 0.507 e. The van der Waals surface area contributed by atoms with Crippen LogP contribution in [-0.4, -0.2) is 125 Å². The Labute approximate surface area is 276 Å². The normalized spacial score (nSPS) is 20.8. The van der Waals surface area contributed by atoms with Crippen molar-refractivity contribution < 1.29 is 14.6 Å². The first kappa shape index (κ1) is 31.2. The van der Waals surface area contributed by atoms with Gasteiger partial charge in [-0.1, -0.05) is 12.1 Å². The fourth-order valence-corrected chi connectivity index (χ4v) is 7.11. The number of nitrogens with one attached hydrogen (secondary N) is 1. The maximum absolute atomic E-state index is 12.4. The van der Waals surface area contributed by atoms with Gasteiger partial charge in [0.15, 0.2) is 5.82 Å². The van der Waals surface area contributed by atoms with Crippen LogP contribution in [0.2, 0.25) is 0 Å². The molecule has 2 aromatic heterocycles. The number of nitrogens with zero attached hydrogens (tertiary/aromatic N) is 9. The molecule has 250 valence electrons. The molecule has 2 N–H and O–H groups in total. The Morgan fingerprint density at radius 2 is 1.70 bits per heavy atom. The van der Waals surface area contributed by atoms with Crippen LogP contribution < -0.4 is 20.0 Å². The Balaban J connectivity index is 0.893. The van der Waals surface area contributed by atoms with E-state index < -0.39 is 5.60 Å². The van der Waals surface area contributed by atoms with Gasteiger partial charge in [0.2, 0.25) is 5.95 Å². The van der Waals surface area contributed by atoms with E-state index in [2.05, 4.69) is 35.1 Å². The van der Waals surface area contributed by atoms with E-state index in [4.69, 9.17) is 14.7 Å². The first-order valence-corrected chi connectivity index (χ1v) is 16.9. The molecule has 0 spiro atoms. The second kappa shape index (κ2) is 13.0. The van der Waals surface area contributed by atoms with Gasteiger partial charge in [0.1, 0.15) is 11.4 Å². The summed E-state index contributed by atoms with van der Waals surface area (Å²) < 4.78 is 5.55. The predicted octanol–water partition coefficient (Wildman–Crippen LogP) is 3.53. The Hall–Kier alpha value is -4.39. The summed E-state index contributed by atoms with van der Waals surface area (Å²) in [6, 6.07) is 9.49. The predicted molar refractivity (Wildman–Crippen MR) is 182 cm³/mol. The number of piperidine rings is 1. The average molecular weight is 643 g/mol. The number of aromatic hydroxyl groups is 1. The summed E-state index contributed by atoms with van der Waals surface area (Å²) in [4.78, 5) is 33.4. The molecule has 0 radical (unpaired) electrons. The molecule has 1 aromatic carbocycles. The van der Waals surface area contributed by atoms with Crippen LogP contribution in [0, 0.1) is 5.92 Å². The van der Waals surface area contributed by atoms with Crippen LogP contribution in [0.25, 0.3) is 11.3 Å². The van der Waals surface area contributed by atoms with Gasteiger partial charge in [-0.15, -0.1) is 10.2 Å². The molecule has 1 amide bonds. The van der Waals surface area contributed by atoms with Crippen molar-refractivity contribution in [1.29, 1.82) is 0 Å². The number of phenolic OH excluding ortho intramolecular Hbond substituents is 1. The Morgan fingerprint density at radius 1 is 0.957 bits per heavy atom. The molecule has 47 heavy (non-hydrogen) atoms. The highest BCUT2D eigenvalue weighted by molar-refractivity contribution is 5.76. The lowest BCUT2D eigenvalue weighted by molar-refractivity contribution is 0.0130. The van der Waals surface area contributed by atoms with Gasteiger partial charge in [0.25, 0.3) is 0 Å². The second-order valence-electron chi connectivity index (χ2n) is 14.1. The smallest absolute Gasteiger partial charge is 0.410 e. The molecule has 7 rings (SSSR count). The van der Waals surface area contributed by atoms with E-state index in [1.165, 1.54) is 0 Å². The highest BCUT2D eigenvalue weighted by Gasteiger charge is 2.34. The highest BCUT2D eigenvalue weighted by atomic mass is 16.6. The summed E-state index contributed by atoms with van der Waals surface area (Å²) in [6.07, 6.45) is 6.04.